The highest BCUT2D eigenvalue weighted by molar-refractivity contribution is 5.87. The van der Waals surface area contributed by atoms with E-state index in [9.17, 15) is 14.4 Å². The summed E-state index contributed by atoms with van der Waals surface area (Å²) in [6.45, 7) is 11.6. The molecule has 1 fully saturated rings. The molecule has 1 saturated heterocycles. The molecule has 154 valence electrons. The first-order chi connectivity index (χ1) is 12.4. The average Bonchev–Trinajstić information content (AvgIpc) is 2.49. The molecule has 0 spiro atoms. The lowest BCUT2D eigenvalue weighted by Gasteiger charge is -2.46. The van der Waals surface area contributed by atoms with Crippen molar-refractivity contribution in [1.29, 1.82) is 0 Å². The van der Waals surface area contributed by atoms with E-state index >= 15 is 0 Å². The number of amides is 3. The number of hydrogen-bond donors (Lipinski definition) is 4. The maximum absolute atomic E-state index is 12.3. The van der Waals surface area contributed by atoms with Gasteiger partial charge < -0.3 is 5.32 Å². The Bertz CT molecular complexity index is 559. The largest absolute Gasteiger partial charge is 0.307 e. The third-order valence-electron chi connectivity index (χ3n) is 4.33. The lowest BCUT2D eigenvalue weighted by Crippen LogP contribution is -2.63. The molecule has 1 heterocycles. The van der Waals surface area contributed by atoms with Crippen molar-refractivity contribution >= 4 is 18.2 Å². The average molecular weight is 383 g/mol. The van der Waals surface area contributed by atoms with Gasteiger partial charge in [-0.25, -0.2) is 11.3 Å². The highest BCUT2D eigenvalue weighted by atomic mass is 16.2. The van der Waals surface area contributed by atoms with E-state index in [4.69, 9.17) is 5.84 Å². The highest BCUT2D eigenvalue weighted by Gasteiger charge is 2.37. The van der Waals surface area contributed by atoms with Gasteiger partial charge in [0.15, 0.2) is 6.04 Å². The van der Waals surface area contributed by atoms with Crippen molar-refractivity contribution in [3.63, 3.8) is 0 Å². The Morgan fingerprint density at radius 1 is 1.26 bits per heavy atom. The number of hydrazine groups is 2. The number of carbonyl (C=O) groups excluding carboxylic acids is 3. The van der Waals surface area contributed by atoms with Crippen molar-refractivity contribution < 1.29 is 14.4 Å². The van der Waals surface area contributed by atoms with Crippen molar-refractivity contribution in [3.05, 3.63) is 0 Å². The molecule has 0 aromatic heterocycles. The molecule has 1 aliphatic heterocycles. The number of piperidine rings is 1. The fourth-order valence-corrected chi connectivity index (χ4v) is 3.62. The van der Waals surface area contributed by atoms with E-state index in [-0.39, 0.29) is 36.0 Å². The minimum absolute atomic E-state index is 0.0614. The van der Waals surface area contributed by atoms with Crippen LogP contribution in [0.15, 0.2) is 10.2 Å². The predicted octanol–water partition coefficient (Wildman–Crippen LogP) is 0.252. The highest BCUT2D eigenvalue weighted by Crippen LogP contribution is 2.28. The second-order valence-electron chi connectivity index (χ2n) is 8.68. The van der Waals surface area contributed by atoms with Gasteiger partial charge >= 0.3 is 0 Å². The van der Waals surface area contributed by atoms with Gasteiger partial charge in [-0.05, 0) is 46.5 Å². The zero-order valence-electron chi connectivity index (χ0n) is 17.1. The number of nitrogens with zero attached hydrogens (tertiary/aromatic N) is 3. The Kier molecular flexibility index (Phi) is 8.00. The van der Waals surface area contributed by atoms with E-state index < -0.39 is 17.9 Å². The predicted molar refractivity (Wildman–Crippen MR) is 101 cm³/mol. The summed E-state index contributed by atoms with van der Waals surface area (Å²) in [5, 5.41) is 11.2. The van der Waals surface area contributed by atoms with Gasteiger partial charge in [0, 0.05) is 17.1 Å². The van der Waals surface area contributed by atoms with E-state index in [0.29, 0.717) is 0 Å². The molecule has 0 aromatic rings. The molecule has 1 atom stereocenters. The third-order valence-corrected chi connectivity index (χ3v) is 4.33. The Labute approximate surface area is 160 Å². The number of rotatable bonds is 8. The van der Waals surface area contributed by atoms with Crippen molar-refractivity contribution in [1.82, 2.24) is 21.2 Å². The van der Waals surface area contributed by atoms with E-state index in [1.807, 2.05) is 0 Å². The maximum Gasteiger partial charge on any atom is 0.263 e. The van der Waals surface area contributed by atoms with Crippen LogP contribution >= 0.6 is 0 Å². The summed E-state index contributed by atoms with van der Waals surface area (Å²) in [5.74, 6) is 4.49. The molecule has 0 unspecified atom stereocenters. The molecule has 0 aromatic carbocycles. The van der Waals surface area contributed by atoms with Gasteiger partial charge in [-0.3, -0.25) is 24.8 Å². The van der Waals surface area contributed by atoms with E-state index in [1.54, 1.807) is 13.8 Å². The smallest absolute Gasteiger partial charge is 0.263 e. The lowest BCUT2D eigenvalue weighted by molar-refractivity contribution is -0.138. The number of hydrogen-bond acceptors (Lipinski definition) is 7. The van der Waals surface area contributed by atoms with Gasteiger partial charge in [0.25, 0.3) is 18.2 Å². The lowest BCUT2D eigenvalue weighted by atomic mass is 9.80. The van der Waals surface area contributed by atoms with Crippen LogP contribution < -0.4 is 22.0 Å². The van der Waals surface area contributed by atoms with Gasteiger partial charge in [0.1, 0.15) is 6.54 Å². The molecular formula is C17H33N7O3. The first kappa shape index (κ1) is 23.1. The van der Waals surface area contributed by atoms with Crippen LogP contribution in [0.5, 0.6) is 0 Å². The molecule has 0 radical (unpaired) electrons. The number of nitrogens with one attached hydrogen (secondary N) is 3. The molecule has 5 N–H and O–H groups in total. The first-order valence-corrected chi connectivity index (χ1v) is 9.10. The van der Waals surface area contributed by atoms with Gasteiger partial charge in [-0.2, -0.15) is 5.11 Å². The third kappa shape index (κ3) is 7.69. The van der Waals surface area contributed by atoms with Crippen LogP contribution in [0.1, 0.15) is 54.4 Å². The SMILES string of the molecule is CC(C)[C@H](N=NC=O)C(=O)N(N)CC(=O)NNC1CC(C)(C)NC(C)(C)C1. The van der Waals surface area contributed by atoms with Crippen molar-refractivity contribution in [2.45, 2.75) is 77.5 Å². The summed E-state index contributed by atoms with van der Waals surface area (Å²) < 4.78 is 0. The molecule has 10 nitrogen and oxygen atoms in total. The summed E-state index contributed by atoms with van der Waals surface area (Å²) in [6.07, 6.45) is 1.93. The van der Waals surface area contributed by atoms with Crippen LogP contribution in [-0.2, 0) is 14.4 Å². The summed E-state index contributed by atoms with van der Waals surface area (Å²) in [7, 11) is 0. The monoisotopic (exact) mass is 383 g/mol. The van der Waals surface area contributed by atoms with Gasteiger partial charge in [0.2, 0.25) is 0 Å². The van der Waals surface area contributed by atoms with Crippen molar-refractivity contribution in [2.75, 3.05) is 6.54 Å². The fraction of sp³-hybridized carbons (Fsp3) is 0.824. The van der Waals surface area contributed by atoms with E-state index in [1.165, 1.54) is 0 Å². The Morgan fingerprint density at radius 3 is 2.30 bits per heavy atom. The summed E-state index contributed by atoms with van der Waals surface area (Å²) in [4.78, 5) is 34.8. The van der Waals surface area contributed by atoms with Gasteiger partial charge in [-0.15, -0.1) is 5.11 Å². The summed E-state index contributed by atoms with van der Waals surface area (Å²) in [6, 6.07) is -0.820. The Balaban J connectivity index is 2.57. The van der Waals surface area contributed by atoms with Crippen LogP contribution in [0.3, 0.4) is 0 Å². The summed E-state index contributed by atoms with van der Waals surface area (Å²) >= 11 is 0. The number of azo groups is 1. The van der Waals surface area contributed by atoms with Crippen LogP contribution in [0.2, 0.25) is 0 Å². The first-order valence-electron chi connectivity index (χ1n) is 9.10. The molecule has 1 rings (SSSR count). The maximum atomic E-state index is 12.3. The van der Waals surface area contributed by atoms with Crippen LogP contribution in [-0.4, -0.2) is 52.9 Å². The van der Waals surface area contributed by atoms with Crippen LogP contribution in [0, 0.1) is 5.92 Å². The molecule has 3 amide bonds. The van der Waals surface area contributed by atoms with Crippen LogP contribution in [0.25, 0.3) is 0 Å². The molecule has 1 aliphatic rings. The van der Waals surface area contributed by atoms with Crippen molar-refractivity contribution in [3.8, 4) is 0 Å². The topological polar surface area (TPSA) is 141 Å². The van der Waals surface area contributed by atoms with Crippen molar-refractivity contribution in [2.24, 2.45) is 22.0 Å². The normalized spacial score (nSPS) is 20.4. The summed E-state index contributed by atoms with van der Waals surface area (Å²) in [5.41, 5.74) is 5.54. The minimum atomic E-state index is -0.910. The standard InChI is InChI=1S/C17H33N7O3/c1-11(2)14(22-19-10-25)15(27)24(18)9-13(26)21-20-12-7-16(3,4)23-17(5,6)8-12/h10-12,14,20,23H,7-9,18H2,1-6H3,(H,21,26)/t14-/m0/s1. The Morgan fingerprint density at radius 2 is 1.81 bits per heavy atom. The molecule has 27 heavy (non-hydrogen) atoms. The second-order valence-corrected chi connectivity index (χ2v) is 8.68. The Hall–Kier alpha value is -1.91. The molecule has 0 aliphatic carbocycles. The van der Waals surface area contributed by atoms with E-state index in [0.717, 1.165) is 17.9 Å². The number of nitrogens with two attached hydrogens (primary N) is 1. The molecule has 10 heteroatoms. The van der Waals surface area contributed by atoms with Gasteiger partial charge in [0.05, 0.1) is 0 Å². The van der Waals surface area contributed by atoms with Crippen LogP contribution in [0.4, 0.5) is 0 Å². The molecular weight excluding hydrogens is 350 g/mol. The number of carbonyl (C=O) groups is 3. The molecule has 0 saturated carbocycles. The zero-order chi connectivity index (χ0) is 20.8. The zero-order valence-corrected chi connectivity index (χ0v) is 17.1. The minimum Gasteiger partial charge on any atom is -0.307 e. The fourth-order valence-electron chi connectivity index (χ4n) is 3.62. The second kappa shape index (κ2) is 9.34. The quantitative estimate of drug-likeness (QED) is 0.156. The van der Waals surface area contributed by atoms with Gasteiger partial charge in [-0.1, -0.05) is 13.8 Å². The molecule has 0 bridgehead atoms. The van der Waals surface area contributed by atoms with E-state index in [2.05, 4.69) is 54.1 Å².